The number of carbonyl (C=O) groups excluding carboxylic acids is 1. The van der Waals surface area contributed by atoms with Crippen molar-refractivity contribution < 1.29 is 17.9 Å². The van der Waals surface area contributed by atoms with E-state index in [1.54, 1.807) is 24.3 Å². The number of nitrogens with one attached hydrogen (secondary N) is 2. The third kappa shape index (κ3) is 5.04. The van der Waals surface area contributed by atoms with Crippen LogP contribution in [0.5, 0.6) is 0 Å². The topological polar surface area (TPSA) is 87.7 Å². The molecule has 0 radical (unpaired) electrons. The van der Waals surface area contributed by atoms with E-state index in [1.807, 2.05) is 0 Å². The van der Waals surface area contributed by atoms with Crippen LogP contribution in [0.3, 0.4) is 0 Å². The molecule has 0 aromatic heterocycles. The average molecular weight is 436 g/mol. The fourth-order valence-electron chi connectivity index (χ4n) is 5.10. The van der Waals surface area contributed by atoms with E-state index in [-0.39, 0.29) is 10.8 Å². The highest BCUT2D eigenvalue weighted by molar-refractivity contribution is 7.89. The molecule has 3 aliphatic rings. The van der Waals surface area contributed by atoms with Crippen LogP contribution in [0, 0.1) is 11.3 Å². The van der Waals surface area contributed by atoms with Crippen molar-refractivity contribution in [3.05, 3.63) is 24.3 Å². The second kappa shape index (κ2) is 9.34. The fourth-order valence-corrected chi connectivity index (χ4v) is 6.55. The fraction of sp³-hybridized carbons (Fsp3) is 0.682. The van der Waals surface area contributed by atoms with Crippen LogP contribution in [0.4, 0.5) is 5.69 Å². The van der Waals surface area contributed by atoms with Gasteiger partial charge in [0, 0.05) is 25.2 Å². The van der Waals surface area contributed by atoms with E-state index in [9.17, 15) is 13.2 Å². The van der Waals surface area contributed by atoms with Gasteiger partial charge in [0.2, 0.25) is 15.9 Å². The van der Waals surface area contributed by atoms with Crippen molar-refractivity contribution >= 4 is 21.6 Å². The first-order valence-corrected chi connectivity index (χ1v) is 12.6. The van der Waals surface area contributed by atoms with E-state index in [4.69, 9.17) is 4.74 Å². The molecule has 1 aliphatic carbocycles. The zero-order chi connectivity index (χ0) is 21.0. The maximum atomic E-state index is 12.8. The van der Waals surface area contributed by atoms with Gasteiger partial charge in [-0.1, -0.05) is 6.07 Å². The molecule has 1 amide bonds. The predicted octanol–water partition coefficient (Wildman–Crippen LogP) is 2.60. The van der Waals surface area contributed by atoms with Crippen molar-refractivity contribution in [2.75, 3.05) is 44.7 Å². The monoisotopic (exact) mass is 435 g/mol. The Hall–Kier alpha value is -1.48. The summed E-state index contributed by atoms with van der Waals surface area (Å²) in [7, 11) is -3.57. The molecule has 30 heavy (non-hydrogen) atoms. The minimum atomic E-state index is -3.57. The summed E-state index contributed by atoms with van der Waals surface area (Å²) >= 11 is 0. The molecule has 2 aliphatic heterocycles. The Morgan fingerprint density at radius 3 is 2.53 bits per heavy atom. The van der Waals surface area contributed by atoms with Crippen molar-refractivity contribution in [2.45, 2.75) is 49.8 Å². The Morgan fingerprint density at radius 1 is 1.13 bits per heavy atom. The molecule has 2 saturated heterocycles. The van der Waals surface area contributed by atoms with Crippen molar-refractivity contribution in [3.63, 3.8) is 0 Å². The number of piperidine rings is 1. The van der Waals surface area contributed by atoms with Crippen LogP contribution in [-0.2, 0) is 19.6 Å². The number of carbonyl (C=O) groups is 1. The van der Waals surface area contributed by atoms with Crippen LogP contribution in [-0.4, -0.2) is 58.0 Å². The Balaban J connectivity index is 1.32. The second-order valence-corrected chi connectivity index (χ2v) is 10.9. The van der Waals surface area contributed by atoms with Gasteiger partial charge in [-0.25, -0.2) is 8.42 Å². The Kier molecular flexibility index (Phi) is 6.77. The third-order valence-corrected chi connectivity index (χ3v) is 8.92. The zero-order valence-electron chi connectivity index (χ0n) is 17.6. The van der Waals surface area contributed by atoms with E-state index < -0.39 is 10.0 Å². The lowest BCUT2D eigenvalue weighted by Gasteiger charge is -2.43. The first kappa shape index (κ1) is 21.7. The molecule has 2 heterocycles. The van der Waals surface area contributed by atoms with Gasteiger partial charge in [-0.2, -0.15) is 4.31 Å². The Morgan fingerprint density at radius 2 is 1.83 bits per heavy atom. The number of hydrogen-bond acceptors (Lipinski definition) is 5. The van der Waals surface area contributed by atoms with Crippen molar-refractivity contribution in [1.29, 1.82) is 0 Å². The number of nitrogens with zero attached hydrogens (tertiary/aromatic N) is 1. The molecule has 166 valence electrons. The largest absolute Gasteiger partial charge is 0.379 e. The molecule has 7 nitrogen and oxygen atoms in total. The van der Waals surface area contributed by atoms with Crippen LogP contribution >= 0.6 is 0 Å². The highest BCUT2D eigenvalue weighted by Gasteiger charge is 2.36. The summed E-state index contributed by atoms with van der Waals surface area (Å²) in [6, 6.07) is 6.58. The van der Waals surface area contributed by atoms with Gasteiger partial charge >= 0.3 is 0 Å². The van der Waals surface area contributed by atoms with Gasteiger partial charge in [0.05, 0.1) is 18.1 Å². The molecule has 1 saturated carbocycles. The summed E-state index contributed by atoms with van der Waals surface area (Å²) in [5.41, 5.74) is 1.04. The van der Waals surface area contributed by atoms with Gasteiger partial charge < -0.3 is 15.4 Å². The first-order valence-electron chi connectivity index (χ1n) is 11.2. The molecular formula is C22H33N3O4S. The summed E-state index contributed by atoms with van der Waals surface area (Å²) < 4.78 is 32.4. The minimum absolute atomic E-state index is 0.0258. The Bertz CT molecular complexity index is 836. The quantitative estimate of drug-likeness (QED) is 0.742. The van der Waals surface area contributed by atoms with E-state index >= 15 is 0 Å². The van der Waals surface area contributed by atoms with E-state index in [2.05, 4.69) is 10.6 Å². The number of sulfonamides is 1. The summed E-state index contributed by atoms with van der Waals surface area (Å²) in [6.07, 6.45) is 7.69. The van der Waals surface area contributed by atoms with Crippen LogP contribution < -0.4 is 10.6 Å². The maximum Gasteiger partial charge on any atom is 0.243 e. The number of ether oxygens (including phenoxy) is 1. The smallest absolute Gasteiger partial charge is 0.243 e. The van der Waals surface area contributed by atoms with Gasteiger partial charge in [0.15, 0.2) is 0 Å². The summed E-state index contributed by atoms with van der Waals surface area (Å²) in [6.45, 7) is 3.78. The number of amides is 1. The third-order valence-electron chi connectivity index (χ3n) is 7.03. The lowest BCUT2D eigenvalue weighted by Crippen LogP contribution is -2.40. The molecule has 1 aromatic rings. The highest BCUT2D eigenvalue weighted by atomic mass is 32.2. The standard InChI is InChI=1S/C22H33N3O4S/c26-21(16-18-4-6-22(7-5-18)8-10-23-11-9-22)24-19-2-1-3-20(17-19)30(27,28)25-12-14-29-15-13-25/h1-3,17-18,23H,4-16H2,(H,24,26). The maximum absolute atomic E-state index is 12.8. The normalized spacial score (nSPS) is 23.3. The Labute approximate surface area is 179 Å². The van der Waals surface area contributed by atoms with Crippen LogP contribution in [0.1, 0.15) is 44.9 Å². The molecule has 0 bridgehead atoms. The zero-order valence-corrected chi connectivity index (χ0v) is 18.4. The molecule has 0 atom stereocenters. The van der Waals surface area contributed by atoms with E-state index in [0.29, 0.717) is 49.7 Å². The molecule has 3 fully saturated rings. The van der Waals surface area contributed by atoms with Crippen molar-refractivity contribution in [2.24, 2.45) is 11.3 Å². The number of rotatable bonds is 5. The van der Waals surface area contributed by atoms with Crippen molar-refractivity contribution in [1.82, 2.24) is 9.62 Å². The average Bonchev–Trinajstić information content (AvgIpc) is 2.77. The number of anilines is 1. The number of benzene rings is 1. The minimum Gasteiger partial charge on any atom is -0.379 e. The van der Waals surface area contributed by atoms with E-state index in [0.717, 1.165) is 25.9 Å². The number of hydrogen-bond donors (Lipinski definition) is 2. The van der Waals surface area contributed by atoms with Gasteiger partial charge in [-0.05, 0) is 81.1 Å². The van der Waals surface area contributed by atoms with Crippen LogP contribution in [0.15, 0.2) is 29.2 Å². The first-order chi connectivity index (χ1) is 14.5. The van der Waals surface area contributed by atoms with E-state index in [1.165, 1.54) is 30.0 Å². The molecule has 0 unspecified atom stereocenters. The molecule has 1 aromatic carbocycles. The summed E-state index contributed by atoms with van der Waals surface area (Å²) in [4.78, 5) is 12.8. The van der Waals surface area contributed by atoms with Crippen molar-refractivity contribution in [3.8, 4) is 0 Å². The molecule has 8 heteroatoms. The lowest BCUT2D eigenvalue weighted by atomic mass is 9.65. The summed E-state index contributed by atoms with van der Waals surface area (Å²) in [5.74, 6) is 0.396. The highest BCUT2D eigenvalue weighted by Crippen LogP contribution is 2.45. The molecule has 2 N–H and O–H groups in total. The van der Waals surface area contributed by atoms with Crippen LogP contribution in [0.2, 0.25) is 0 Å². The molecule has 1 spiro atoms. The SMILES string of the molecule is O=C(CC1CCC2(CCNCC2)CC1)Nc1cccc(S(=O)(=O)N2CCOCC2)c1. The van der Waals surface area contributed by atoms with Gasteiger partial charge in [-0.3, -0.25) is 4.79 Å². The second-order valence-electron chi connectivity index (χ2n) is 8.99. The summed E-state index contributed by atoms with van der Waals surface area (Å²) in [5, 5.41) is 6.37. The number of morpholine rings is 1. The van der Waals surface area contributed by atoms with Gasteiger partial charge in [0.1, 0.15) is 0 Å². The van der Waals surface area contributed by atoms with Gasteiger partial charge in [0.25, 0.3) is 0 Å². The predicted molar refractivity (Wildman–Crippen MR) is 116 cm³/mol. The van der Waals surface area contributed by atoms with Crippen LogP contribution in [0.25, 0.3) is 0 Å². The molecular weight excluding hydrogens is 402 g/mol. The lowest BCUT2D eigenvalue weighted by molar-refractivity contribution is -0.117. The molecule has 4 rings (SSSR count). The van der Waals surface area contributed by atoms with Gasteiger partial charge in [-0.15, -0.1) is 0 Å².